The van der Waals surface area contributed by atoms with E-state index in [0.29, 0.717) is 11.7 Å². The first-order valence-electron chi connectivity index (χ1n) is 6.78. The molecular formula is C15H15N3O2. The highest BCUT2D eigenvalue weighted by atomic mass is 16.5. The predicted octanol–water partition coefficient (Wildman–Crippen LogP) is 3.24. The lowest BCUT2D eigenvalue weighted by atomic mass is 9.80. The van der Waals surface area contributed by atoms with Crippen LogP contribution in [0.3, 0.4) is 0 Å². The van der Waals surface area contributed by atoms with Crippen LogP contribution >= 0.6 is 0 Å². The summed E-state index contributed by atoms with van der Waals surface area (Å²) in [7, 11) is 1.70. The molecule has 1 aromatic carbocycles. The number of H-pyrrole nitrogens is 1. The molecule has 0 bridgehead atoms. The molecule has 102 valence electrons. The van der Waals surface area contributed by atoms with Crippen LogP contribution in [0.25, 0.3) is 22.3 Å². The maximum atomic E-state index is 5.58. The van der Waals surface area contributed by atoms with Gasteiger partial charge in [-0.25, -0.2) is 0 Å². The van der Waals surface area contributed by atoms with Crippen molar-refractivity contribution in [3.63, 3.8) is 0 Å². The molecule has 1 N–H and O–H groups in total. The summed E-state index contributed by atoms with van der Waals surface area (Å²) < 4.78 is 11.0. The molecule has 1 saturated carbocycles. The standard InChI is InChI=1S/C15H15N3O2/c1-19-15(7-3-8-15)14-17-13(18-20-14)11-4-2-5-12-10(11)6-9-16-12/h2,4-6,9,16H,3,7-8H2,1H3. The monoisotopic (exact) mass is 269 g/mol. The minimum absolute atomic E-state index is 0.364. The summed E-state index contributed by atoms with van der Waals surface area (Å²) in [5.74, 6) is 1.21. The lowest BCUT2D eigenvalue weighted by molar-refractivity contribution is -0.0992. The largest absolute Gasteiger partial charge is 0.368 e. The van der Waals surface area contributed by atoms with E-state index >= 15 is 0 Å². The zero-order valence-electron chi connectivity index (χ0n) is 11.2. The molecule has 2 aromatic heterocycles. The Morgan fingerprint density at radius 1 is 1.30 bits per heavy atom. The van der Waals surface area contributed by atoms with E-state index in [1.54, 1.807) is 7.11 Å². The summed E-state index contributed by atoms with van der Waals surface area (Å²) in [4.78, 5) is 7.75. The maximum absolute atomic E-state index is 5.58. The van der Waals surface area contributed by atoms with Gasteiger partial charge in [-0.3, -0.25) is 0 Å². The van der Waals surface area contributed by atoms with E-state index in [0.717, 1.165) is 35.7 Å². The molecular weight excluding hydrogens is 254 g/mol. The molecule has 4 rings (SSSR count). The average Bonchev–Trinajstić information content (AvgIpc) is 3.06. The third-order valence-corrected chi connectivity index (χ3v) is 4.20. The van der Waals surface area contributed by atoms with Gasteiger partial charge in [0, 0.05) is 29.8 Å². The van der Waals surface area contributed by atoms with Crippen LogP contribution in [0.5, 0.6) is 0 Å². The quantitative estimate of drug-likeness (QED) is 0.792. The second kappa shape index (κ2) is 4.18. The number of hydrogen-bond donors (Lipinski definition) is 1. The number of hydrogen-bond acceptors (Lipinski definition) is 4. The van der Waals surface area contributed by atoms with Gasteiger partial charge in [0.1, 0.15) is 5.60 Å². The minimum atomic E-state index is -0.364. The van der Waals surface area contributed by atoms with Gasteiger partial charge in [0.05, 0.1) is 0 Å². The van der Waals surface area contributed by atoms with E-state index in [9.17, 15) is 0 Å². The van der Waals surface area contributed by atoms with E-state index in [1.165, 1.54) is 0 Å². The normalized spacial score (nSPS) is 17.2. The summed E-state index contributed by atoms with van der Waals surface area (Å²) in [5, 5.41) is 5.23. The van der Waals surface area contributed by atoms with E-state index < -0.39 is 0 Å². The van der Waals surface area contributed by atoms with Gasteiger partial charge in [-0.15, -0.1) is 0 Å². The summed E-state index contributed by atoms with van der Waals surface area (Å²) in [5.41, 5.74) is 1.68. The lowest BCUT2D eigenvalue weighted by Crippen LogP contribution is -2.36. The fourth-order valence-electron chi connectivity index (χ4n) is 2.80. The van der Waals surface area contributed by atoms with Crippen LogP contribution in [0.1, 0.15) is 25.2 Å². The van der Waals surface area contributed by atoms with Gasteiger partial charge >= 0.3 is 0 Å². The number of aromatic nitrogens is 3. The molecule has 1 aliphatic rings. The number of aromatic amines is 1. The predicted molar refractivity (Wildman–Crippen MR) is 74.1 cm³/mol. The van der Waals surface area contributed by atoms with E-state index in [2.05, 4.69) is 15.1 Å². The van der Waals surface area contributed by atoms with Crippen LogP contribution in [0.2, 0.25) is 0 Å². The van der Waals surface area contributed by atoms with E-state index in [1.807, 2.05) is 30.5 Å². The average molecular weight is 269 g/mol. The molecule has 0 saturated heterocycles. The minimum Gasteiger partial charge on any atom is -0.368 e. The number of ether oxygens (including phenoxy) is 1. The molecule has 1 aliphatic carbocycles. The Bertz CT molecular complexity index is 750. The summed E-state index contributed by atoms with van der Waals surface area (Å²) in [6.07, 6.45) is 4.94. The zero-order valence-corrected chi connectivity index (χ0v) is 11.2. The molecule has 20 heavy (non-hydrogen) atoms. The number of fused-ring (bicyclic) bond motifs is 1. The lowest BCUT2D eigenvalue weighted by Gasteiger charge is -2.36. The van der Waals surface area contributed by atoms with Gasteiger partial charge in [0.2, 0.25) is 5.82 Å². The Hall–Kier alpha value is -2.14. The van der Waals surface area contributed by atoms with Crippen molar-refractivity contribution in [2.75, 3.05) is 7.11 Å². The summed E-state index contributed by atoms with van der Waals surface area (Å²) in [6, 6.07) is 8.04. The van der Waals surface area contributed by atoms with Gasteiger partial charge < -0.3 is 14.2 Å². The SMILES string of the molecule is COC1(c2nc(-c3cccc4[nH]ccc34)no2)CCC1. The first-order chi connectivity index (χ1) is 9.82. The topological polar surface area (TPSA) is 63.9 Å². The van der Waals surface area contributed by atoms with Gasteiger partial charge in [-0.05, 0) is 31.4 Å². The molecule has 3 aromatic rings. The smallest absolute Gasteiger partial charge is 0.259 e. The fourth-order valence-corrected chi connectivity index (χ4v) is 2.80. The Kier molecular flexibility index (Phi) is 2.44. The Balaban J connectivity index is 1.80. The molecule has 0 amide bonds. The Morgan fingerprint density at radius 2 is 2.20 bits per heavy atom. The molecule has 0 aliphatic heterocycles. The first-order valence-corrected chi connectivity index (χ1v) is 6.78. The highest BCUT2D eigenvalue weighted by Crippen LogP contribution is 2.44. The van der Waals surface area contributed by atoms with Gasteiger partial charge in [0.25, 0.3) is 5.89 Å². The van der Waals surface area contributed by atoms with Crippen molar-refractivity contribution in [2.45, 2.75) is 24.9 Å². The number of methoxy groups -OCH3 is 1. The van der Waals surface area contributed by atoms with E-state index in [4.69, 9.17) is 9.26 Å². The third-order valence-electron chi connectivity index (χ3n) is 4.20. The van der Waals surface area contributed by atoms with Crippen molar-refractivity contribution in [3.05, 3.63) is 36.4 Å². The Morgan fingerprint density at radius 3 is 2.95 bits per heavy atom. The van der Waals surface area contributed by atoms with Gasteiger partial charge in [0.15, 0.2) is 0 Å². The highest BCUT2D eigenvalue weighted by molar-refractivity contribution is 5.93. The second-order valence-corrected chi connectivity index (χ2v) is 5.22. The number of nitrogens with zero attached hydrogens (tertiary/aromatic N) is 2. The molecule has 0 spiro atoms. The first kappa shape index (κ1) is 11.7. The van der Waals surface area contributed by atoms with Crippen LogP contribution < -0.4 is 0 Å². The maximum Gasteiger partial charge on any atom is 0.259 e. The summed E-state index contributed by atoms with van der Waals surface area (Å²) in [6.45, 7) is 0. The van der Waals surface area contributed by atoms with Crippen molar-refractivity contribution in [1.82, 2.24) is 15.1 Å². The highest BCUT2D eigenvalue weighted by Gasteiger charge is 2.44. The van der Waals surface area contributed by atoms with Gasteiger partial charge in [-0.2, -0.15) is 4.98 Å². The molecule has 5 nitrogen and oxygen atoms in total. The fraction of sp³-hybridized carbons (Fsp3) is 0.333. The van der Waals surface area contributed by atoms with Crippen LogP contribution in [0, 0.1) is 0 Å². The number of rotatable bonds is 3. The van der Waals surface area contributed by atoms with E-state index in [-0.39, 0.29) is 5.60 Å². The number of nitrogens with one attached hydrogen (secondary N) is 1. The van der Waals surface area contributed by atoms with Crippen molar-refractivity contribution in [3.8, 4) is 11.4 Å². The van der Waals surface area contributed by atoms with Crippen LogP contribution in [-0.2, 0) is 10.3 Å². The van der Waals surface area contributed by atoms with Crippen molar-refractivity contribution in [2.24, 2.45) is 0 Å². The molecule has 0 radical (unpaired) electrons. The van der Waals surface area contributed by atoms with Crippen LogP contribution in [0.15, 0.2) is 35.0 Å². The van der Waals surface area contributed by atoms with Crippen molar-refractivity contribution >= 4 is 10.9 Å². The Labute approximate surface area is 115 Å². The summed E-state index contributed by atoms with van der Waals surface area (Å²) >= 11 is 0. The molecule has 5 heteroatoms. The molecule has 0 unspecified atom stereocenters. The molecule has 1 fully saturated rings. The van der Waals surface area contributed by atoms with Crippen LogP contribution in [-0.4, -0.2) is 22.2 Å². The van der Waals surface area contributed by atoms with Gasteiger partial charge in [-0.1, -0.05) is 17.3 Å². The zero-order chi connectivity index (χ0) is 13.6. The van der Waals surface area contributed by atoms with Crippen LogP contribution in [0.4, 0.5) is 0 Å². The molecule has 0 atom stereocenters. The number of benzene rings is 1. The second-order valence-electron chi connectivity index (χ2n) is 5.22. The third kappa shape index (κ3) is 1.53. The molecule has 2 heterocycles. The van der Waals surface area contributed by atoms with Crippen molar-refractivity contribution in [1.29, 1.82) is 0 Å². The van der Waals surface area contributed by atoms with Crippen molar-refractivity contribution < 1.29 is 9.26 Å².